The van der Waals surface area contributed by atoms with E-state index in [2.05, 4.69) is 12.1 Å². The van der Waals surface area contributed by atoms with E-state index in [1.807, 2.05) is 104 Å². The summed E-state index contributed by atoms with van der Waals surface area (Å²) in [6.45, 7) is 4.05. The minimum atomic E-state index is -0.699. The van der Waals surface area contributed by atoms with Crippen LogP contribution in [-0.4, -0.2) is 9.97 Å². The molecule has 0 amide bonds. The normalized spacial score (nSPS) is 11.0. The van der Waals surface area contributed by atoms with Gasteiger partial charge in [-0.3, -0.25) is 8.78 Å². The maximum absolute atomic E-state index is 14.4. The van der Waals surface area contributed by atoms with Gasteiger partial charge in [-0.1, -0.05) is 53.7 Å². The second-order valence-electron chi connectivity index (χ2n) is 8.87. The molecule has 0 atom stereocenters. The summed E-state index contributed by atoms with van der Waals surface area (Å²) in [4.78, 5) is 11.8. The Balaban J connectivity index is 0.00000320. The summed E-state index contributed by atoms with van der Waals surface area (Å²) in [5, 5.41) is 0. The van der Waals surface area contributed by atoms with Gasteiger partial charge < -0.3 is 9.88 Å². The smallest absolute Gasteiger partial charge is 0.319 e. The van der Waals surface area contributed by atoms with Gasteiger partial charge in [-0.05, 0) is 49.9 Å². The van der Waals surface area contributed by atoms with Crippen molar-refractivity contribution >= 4 is 17.2 Å². The number of nitrogens with zero attached hydrogens (tertiary/aromatic N) is 3. The Bertz CT molecular complexity index is 1450. The number of rotatable bonds is 6. The Morgan fingerprint density at radius 1 is 0.757 bits per heavy atom. The van der Waals surface area contributed by atoms with Crippen molar-refractivity contribution in [3.8, 4) is 11.3 Å². The molecule has 0 aliphatic heterocycles. The molecule has 186 valence electrons. The number of halogens is 2. The van der Waals surface area contributed by atoms with Crippen LogP contribution in [0.5, 0.6) is 0 Å². The van der Waals surface area contributed by atoms with Crippen LogP contribution in [0.15, 0.2) is 103 Å². The fourth-order valence-corrected chi connectivity index (χ4v) is 4.09. The van der Waals surface area contributed by atoms with Crippen molar-refractivity contribution in [1.29, 1.82) is 0 Å². The Morgan fingerprint density at radius 2 is 1.46 bits per heavy atom. The van der Waals surface area contributed by atoms with Crippen LogP contribution in [0.3, 0.4) is 0 Å². The van der Waals surface area contributed by atoms with Gasteiger partial charge in [0.25, 0.3) is 0 Å². The van der Waals surface area contributed by atoms with Crippen molar-refractivity contribution in [3.63, 3.8) is 0 Å². The zero-order valence-electron chi connectivity index (χ0n) is 20.2. The van der Waals surface area contributed by atoms with E-state index in [9.17, 15) is 8.78 Å². The maximum Gasteiger partial charge on any atom is 2.00 e. The van der Waals surface area contributed by atoms with Gasteiger partial charge in [0.1, 0.15) is 5.82 Å². The minimum absolute atomic E-state index is 0. The number of pyridine rings is 2. The van der Waals surface area contributed by atoms with Gasteiger partial charge in [0.15, 0.2) is 0 Å². The molecule has 0 fully saturated rings. The third-order valence-corrected chi connectivity index (χ3v) is 6.06. The molecular formula is C31H23F2N3Pt. The van der Waals surface area contributed by atoms with Crippen molar-refractivity contribution in [1.82, 2.24) is 9.97 Å². The molecule has 37 heavy (non-hydrogen) atoms. The molecule has 2 aromatic heterocycles. The predicted molar refractivity (Wildman–Crippen MR) is 138 cm³/mol. The molecule has 0 radical (unpaired) electrons. The van der Waals surface area contributed by atoms with E-state index < -0.39 is 17.0 Å². The van der Waals surface area contributed by atoms with E-state index in [1.54, 1.807) is 6.07 Å². The van der Waals surface area contributed by atoms with Crippen molar-refractivity contribution in [2.24, 2.45) is 0 Å². The standard InChI is InChI=1S/C31H23F2N3.Pt/c1-31(2,28-16-9-15-27(34-28)25-20-19-22(32)21-26(25)33)29-17-10-18-30(35-29)36(23-11-5-3-6-12-23)24-13-7-4-8-14-24;/h3-13,15-19,21H,1-2H3;/q-2;+2. The van der Waals surface area contributed by atoms with E-state index in [-0.39, 0.29) is 26.6 Å². The summed E-state index contributed by atoms with van der Waals surface area (Å²) >= 11 is 0. The van der Waals surface area contributed by atoms with Gasteiger partial charge in [-0.2, -0.15) is 24.3 Å². The summed E-state index contributed by atoms with van der Waals surface area (Å²) in [6, 6.07) is 37.0. The van der Waals surface area contributed by atoms with Crippen molar-refractivity contribution in [2.45, 2.75) is 19.3 Å². The van der Waals surface area contributed by atoms with Gasteiger partial charge in [0.2, 0.25) is 0 Å². The van der Waals surface area contributed by atoms with E-state index >= 15 is 0 Å². The number of aromatic nitrogens is 2. The molecule has 2 heterocycles. The molecule has 0 saturated heterocycles. The maximum atomic E-state index is 14.4. The topological polar surface area (TPSA) is 29.0 Å². The SMILES string of the molecule is CC(C)(c1cccc(-c2[c-]cc(F)cc2F)n1)c1cccc(N(c2[c-]cccc2)c2ccccc2)n1.[Pt+2]. The summed E-state index contributed by atoms with van der Waals surface area (Å²) < 4.78 is 27.8. The number of hydrogen-bond acceptors (Lipinski definition) is 3. The van der Waals surface area contributed by atoms with Crippen LogP contribution >= 0.6 is 0 Å². The number of anilines is 3. The molecule has 5 rings (SSSR count). The minimum Gasteiger partial charge on any atom is -0.319 e. The van der Waals surface area contributed by atoms with Crippen LogP contribution < -0.4 is 4.90 Å². The fraction of sp³-hybridized carbons (Fsp3) is 0.0968. The summed E-state index contributed by atoms with van der Waals surface area (Å²) in [6.07, 6.45) is 0. The van der Waals surface area contributed by atoms with Crippen molar-refractivity contribution in [2.75, 3.05) is 4.90 Å². The molecule has 0 bridgehead atoms. The summed E-state index contributed by atoms with van der Waals surface area (Å²) in [7, 11) is 0. The largest absolute Gasteiger partial charge is 2.00 e. The molecule has 0 spiro atoms. The molecule has 0 N–H and O–H groups in total. The first-order valence-electron chi connectivity index (χ1n) is 11.6. The van der Waals surface area contributed by atoms with Gasteiger partial charge >= 0.3 is 21.1 Å². The number of para-hydroxylation sites is 2. The average molecular weight is 671 g/mol. The molecule has 6 heteroatoms. The first-order chi connectivity index (χ1) is 17.4. The molecular weight excluding hydrogens is 647 g/mol. The van der Waals surface area contributed by atoms with E-state index in [1.165, 1.54) is 0 Å². The van der Waals surface area contributed by atoms with Crippen LogP contribution in [0.1, 0.15) is 25.2 Å². The van der Waals surface area contributed by atoms with E-state index in [4.69, 9.17) is 9.97 Å². The molecule has 5 aromatic rings. The Hall–Kier alpha value is -3.69. The zero-order valence-corrected chi connectivity index (χ0v) is 22.5. The summed E-state index contributed by atoms with van der Waals surface area (Å²) in [5.41, 5.74) is 3.25. The van der Waals surface area contributed by atoms with Gasteiger partial charge in [-0.25, -0.2) is 4.98 Å². The third-order valence-electron chi connectivity index (χ3n) is 6.06. The monoisotopic (exact) mass is 670 g/mol. The second kappa shape index (κ2) is 11.1. The summed E-state index contributed by atoms with van der Waals surface area (Å²) in [5.74, 6) is -0.633. The van der Waals surface area contributed by atoms with Crippen LogP contribution in [0.4, 0.5) is 26.0 Å². The quantitative estimate of drug-likeness (QED) is 0.173. The van der Waals surface area contributed by atoms with Gasteiger partial charge in [-0.15, -0.1) is 18.2 Å². The molecule has 0 aliphatic rings. The first kappa shape index (κ1) is 26.4. The van der Waals surface area contributed by atoms with Crippen LogP contribution in [-0.2, 0) is 26.5 Å². The third kappa shape index (κ3) is 5.52. The van der Waals surface area contributed by atoms with Crippen molar-refractivity contribution in [3.05, 3.63) is 138 Å². The van der Waals surface area contributed by atoms with Crippen molar-refractivity contribution < 1.29 is 29.8 Å². The van der Waals surface area contributed by atoms with Crippen LogP contribution in [0.25, 0.3) is 11.3 Å². The zero-order chi connectivity index (χ0) is 25.1. The molecule has 0 unspecified atom stereocenters. The van der Waals surface area contributed by atoms with Crippen LogP contribution in [0.2, 0.25) is 0 Å². The van der Waals surface area contributed by atoms with Gasteiger partial charge in [0.05, 0.1) is 5.69 Å². The average Bonchev–Trinajstić information content (AvgIpc) is 2.90. The van der Waals surface area contributed by atoms with E-state index in [0.717, 1.165) is 35.0 Å². The van der Waals surface area contributed by atoms with Gasteiger partial charge in [0, 0.05) is 28.4 Å². The fourth-order valence-electron chi connectivity index (χ4n) is 4.09. The Morgan fingerprint density at radius 3 is 2.16 bits per heavy atom. The molecule has 0 saturated carbocycles. The predicted octanol–water partition coefficient (Wildman–Crippen LogP) is 7.82. The Labute approximate surface area is 230 Å². The second-order valence-corrected chi connectivity index (χ2v) is 8.87. The molecule has 3 nitrogen and oxygen atoms in total. The molecule has 3 aromatic carbocycles. The Kier molecular flexibility index (Phi) is 7.94. The van der Waals surface area contributed by atoms with Crippen LogP contribution in [0, 0.1) is 23.8 Å². The number of hydrogen-bond donors (Lipinski definition) is 0. The van der Waals surface area contributed by atoms with E-state index in [0.29, 0.717) is 11.4 Å². The number of benzene rings is 3. The molecule has 0 aliphatic carbocycles. The first-order valence-corrected chi connectivity index (χ1v) is 11.6.